The van der Waals surface area contributed by atoms with Crippen molar-refractivity contribution in [2.24, 2.45) is 5.10 Å². The summed E-state index contributed by atoms with van der Waals surface area (Å²) in [6.07, 6.45) is 6.96. The molecule has 1 aliphatic rings. The van der Waals surface area contributed by atoms with Crippen LogP contribution in [0.25, 0.3) is 0 Å². The number of aliphatic carboxylic acids is 1. The molecule has 1 N–H and O–H groups in total. The molecule has 0 aliphatic heterocycles. The van der Waals surface area contributed by atoms with Crippen LogP contribution in [0.4, 0.5) is 0 Å². The zero-order valence-electron chi connectivity index (χ0n) is 15.0. The maximum atomic E-state index is 10.8. The van der Waals surface area contributed by atoms with Gasteiger partial charge < -0.3 is 19.7 Å². The number of hydrogen-bond donors (Lipinski definition) is 1. The average molecular weight is 389 g/mol. The summed E-state index contributed by atoms with van der Waals surface area (Å²) in [7, 11) is 1.54. The third-order valence-electron chi connectivity index (χ3n) is 4.47. The van der Waals surface area contributed by atoms with E-state index in [9.17, 15) is 15.0 Å². The van der Waals surface area contributed by atoms with Gasteiger partial charge in [-0.15, -0.1) is 10.2 Å². The molecule has 0 spiro atoms. The molecule has 1 heterocycles. The predicted octanol–water partition coefficient (Wildman–Crippen LogP) is 1.76. The van der Waals surface area contributed by atoms with E-state index in [2.05, 4.69) is 15.3 Å². The molecular weight excluding hydrogens is 368 g/mol. The fourth-order valence-corrected chi connectivity index (χ4v) is 3.71. The number of carboxylic acid groups (broad SMARTS) is 1. The van der Waals surface area contributed by atoms with Gasteiger partial charge in [-0.2, -0.15) is 9.78 Å². The quantitative estimate of drug-likeness (QED) is 0.567. The van der Waals surface area contributed by atoms with Gasteiger partial charge in [0.1, 0.15) is 11.5 Å². The van der Waals surface area contributed by atoms with Gasteiger partial charge in [0.25, 0.3) is 0 Å². The predicted molar refractivity (Wildman–Crippen MR) is 99.2 cm³/mol. The van der Waals surface area contributed by atoms with Gasteiger partial charge in [-0.05, 0) is 31.0 Å². The number of nitrogens with zero attached hydrogens (tertiary/aromatic N) is 4. The summed E-state index contributed by atoms with van der Waals surface area (Å²) in [5.74, 6) is 0.202. The molecule has 1 fully saturated rings. The number of carboxylic acids is 1. The monoisotopic (exact) mass is 389 g/mol. The maximum Gasteiger partial charge on any atom is 0.212 e. The molecule has 144 valence electrons. The second-order valence-corrected chi connectivity index (χ2v) is 7.26. The van der Waals surface area contributed by atoms with Crippen molar-refractivity contribution in [3.63, 3.8) is 0 Å². The number of phenolic OH excluding ortho intramolecular Hbond substituents is 1. The minimum absolute atomic E-state index is 0.0655. The Kier molecular flexibility index (Phi) is 6.33. The van der Waals surface area contributed by atoms with Crippen LogP contribution >= 0.6 is 11.8 Å². The molecule has 0 atom stereocenters. The van der Waals surface area contributed by atoms with Crippen LogP contribution in [0.2, 0.25) is 0 Å². The first kappa shape index (κ1) is 19.2. The van der Waals surface area contributed by atoms with Gasteiger partial charge in [0.05, 0.1) is 19.3 Å². The highest BCUT2D eigenvalue weighted by atomic mass is 32.2. The number of carbonyl (C=O) groups excluding carboxylic acids is 1. The van der Waals surface area contributed by atoms with Crippen molar-refractivity contribution in [1.29, 1.82) is 0 Å². The zero-order chi connectivity index (χ0) is 19.2. The minimum atomic E-state index is -1.18. The Balaban J connectivity index is 1.93. The van der Waals surface area contributed by atoms with Gasteiger partial charge in [-0.25, -0.2) is 0 Å². The number of aromatic hydroxyl groups is 1. The molecule has 0 bridgehead atoms. The summed E-state index contributed by atoms with van der Waals surface area (Å²) < 4.78 is 6.75. The molecule has 2 aromatic rings. The number of carbonyl (C=O) groups is 1. The highest BCUT2D eigenvalue weighted by Crippen LogP contribution is 2.33. The molecule has 1 aromatic heterocycles. The molecule has 1 saturated carbocycles. The summed E-state index contributed by atoms with van der Waals surface area (Å²) in [4.78, 5) is 10.8. The van der Waals surface area contributed by atoms with Gasteiger partial charge >= 0.3 is 0 Å². The molecule has 0 unspecified atom stereocenters. The second-order valence-electron chi connectivity index (χ2n) is 6.32. The number of benzene rings is 1. The van der Waals surface area contributed by atoms with E-state index in [-0.39, 0.29) is 17.4 Å². The number of rotatable bonds is 7. The SMILES string of the molecule is COc1ccc(O)c(/C=N/n2c(SCC(=O)[O-])nnc2C2CCCCC2)c1. The minimum Gasteiger partial charge on any atom is -0.549 e. The van der Waals surface area contributed by atoms with Crippen LogP contribution in [0, 0.1) is 0 Å². The van der Waals surface area contributed by atoms with Crippen LogP contribution in [-0.2, 0) is 4.79 Å². The third-order valence-corrected chi connectivity index (χ3v) is 5.37. The van der Waals surface area contributed by atoms with Gasteiger partial charge in [0.15, 0.2) is 5.82 Å². The lowest BCUT2D eigenvalue weighted by Gasteiger charge is -2.20. The number of methoxy groups -OCH3 is 1. The van der Waals surface area contributed by atoms with E-state index in [4.69, 9.17) is 4.74 Å². The van der Waals surface area contributed by atoms with Gasteiger partial charge in [0, 0.05) is 17.2 Å². The number of aromatic nitrogens is 3. The summed E-state index contributed by atoms with van der Waals surface area (Å²) in [6.45, 7) is 0. The first-order chi connectivity index (χ1) is 13.1. The van der Waals surface area contributed by atoms with E-state index < -0.39 is 5.97 Å². The number of hydrogen-bond acceptors (Lipinski definition) is 8. The molecule has 1 aliphatic carbocycles. The standard InChI is InChI=1S/C18H22N4O4S/c1-26-14-7-8-15(23)13(9-14)10-19-22-17(12-5-3-2-4-6-12)20-21-18(22)27-11-16(24)25/h7-10,12,23H,2-6,11H2,1H3,(H,24,25)/p-1/b19-10+. The van der Waals surface area contributed by atoms with E-state index in [1.54, 1.807) is 23.9 Å². The normalized spacial score (nSPS) is 15.3. The van der Waals surface area contributed by atoms with Crippen LogP contribution in [-0.4, -0.2) is 45.0 Å². The summed E-state index contributed by atoms with van der Waals surface area (Å²) in [5, 5.41) is 34.1. The Labute approximate surface area is 161 Å². The molecule has 0 radical (unpaired) electrons. The molecule has 1 aromatic carbocycles. The first-order valence-corrected chi connectivity index (χ1v) is 9.76. The van der Waals surface area contributed by atoms with Gasteiger partial charge in [-0.3, -0.25) is 0 Å². The fraction of sp³-hybridized carbons (Fsp3) is 0.444. The maximum absolute atomic E-state index is 10.8. The molecule has 0 saturated heterocycles. The molecule has 0 amide bonds. The van der Waals surface area contributed by atoms with Crippen LogP contribution in [0.1, 0.15) is 49.4 Å². The highest BCUT2D eigenvalue weighted by molar-refractivity contribution is 7.99. The van der Waals surface area contributed by atoms with Crippen LogP contribution in [0.5, 0.6) is 11.5 Å². The van der Waals surface area contributed by atoms with Gasteiger partial charge in [-0.1, -0.05) is 31.0 Å². The summed E-state index contributed by atoms with van der Waals surface area (Å²) in [5.41, 5.74) is 0.480. The highest BCUT2D eigenvalue weighted by Gasteiger charge is 2.23. The first-order valence-electron chi connectivity index (χ1n) is 8.78. The Morgan fingerprint density at radius 3 is 2.89 bits per heavy atom. The summed E-state index contributed by atoms with van der Waals surface area (Å²) in [6, 6.07) is 4.84. The molecule has 27 heavy (non-hydrogen) atoms. The Bertz CT molecular complexity index is 831. The lowest BCUT2D eigenvalue weighted by Crippen LogP contribution is -2.24. The van der Waals surface area contributed by atoms with Crippen LogP contribution in [0.15, 0.2) is 28.5 Å². The number of ether oxygens (including phenoxy) is 1. The van der Waals surface area contributed by atoms with E-state index in [0.29, 0.717) is 22.3 Å². The van der Waals surface area contributed by atoms with Crippen molar-refractivity contribution in [3.05, 3.63) is 29.6 Å². The van der Waals surface area contributed by atoms with Crippen LogP contribution in [0.3, 0.4) is 0 Å². The molecule has 8 nitrogen and oxygen atoms in total. The van der Waals surface area contributed by atoms with Crippen molar-refractivity contribution in [2.75, 3.05) is 12.9 Å². The average Bonchev–Trinajstić information content (AvgIpc) is 3.09. The third kappa shape index (κ3) is 4.79. The second kappa shape index (κ2) is 8.90. The van der Waals surface area contributed by atoms with Crippen LogP contribution < -0.4 is 9.84 Å². The largest absolute Gasteiger partial charge is 0.549 e. The number of phenols is 1. The van der Waals surface area contributed by atoms with Crippen molar-refractivity contribution < 1.29 is 19.7 Å². The number of thioether (sulfide) groups is 1. The van der Waals surface area contributed by atoms with E-state index in [0.717, 1.165) is 37.4 Å². The van der Waals surface area contributed by atoms with Crippen molar-refractivity contribution >= 4 is 23.9 Å². The lowest BCUT2D eigenvalue weighted by molar-refractivity contribution is -0.301. The summed E-state index contributed by atoms with van der Waals surface area (Å²) >= 11 is 1.01. The van der Waals surface area contributed by atoms with E-state index in [1.807, 2.05) is 0 Å². The molecular formula is C18H21N4O4S-. The van der Waals surface area contributed by atoms with Crippen molar-refractivity contribution in [3.8, 4) is 11.5 Å². The lowest BCUT2D eigenvalue weighted by atomic mass is 9.89. The zero-order valence-corrected chi connectivity index (χ0v) is 15.8. The van der Waals surface area contributed by atoms with Crippen molar-refractivity contribution in [1.82, 2.24) is 14.9 Å². The topological polar surface area (TPSA) is 113 Å². The molecule has 3 rings (SSSR count). The van der Waals surface area contributed by atoms with Crippen molar-refractivity contribution in [2.45, 2.75) is 43.2 Å². The van der Waals surface area contributed by atoms with Gasteiger partial charge in [0.2, 0.25) is 5.16 Å². The fourth-order valence-electron chi connectivity index (χ4n) is 3.10. The Morgan fingerprint density at radius 1 is 1.41 bits per heavy atom. The smallest absolute Gasteiger partial charge is 0.212 e. The Hall–Kier alpha value is -2.55. The Morgan fingerprint density at radius 2 is 2.19 bits per heavy atom. The van der Waals surface area contributed by atoms with E-state index in [1.165, 1.54) is 18.7 Å². The molecule has 9 heteroatoms. The van der Waals surface area contributed by atoms with E-state index >= 15 is 0 Å².